The number of aromatic nitrogens is 2. The number of aryl methyl sites for hydroxylation is 5. The van der Waals surface area contributed by atoms with Crippen molar-refractivity contribution in [2.24, 2.45) is 0 Å². The van der Waals surface area contributed by atoms with Gasteiger partial charge in [-0.15, -0.1) is 0 Å². The van der Waals surface area contributed by atoms with Crippen LogP contribution in [0.2, 0.25) is 0 Å². The first-order valence-electron chi connectivity index (χ1n) is 8.41. The molecule has 0 bridgehead atoms. The lowest BCUT2D eigenvalue weighted by molar-refractivity contribution is -0.117. The molecule has 24 heavy (non-hydrogen) atoms. The molecule has 0 saturated heterocycles. The molecule has 0 unspecified atom stereocenters. The standard InChI is InChI=1S/C19H23N3O2/c1-12-8-13(2)19(14(3)9-12)20-17(23)11-22-18(24)10-15-6-4-5-7-16(15)21-22/h8-10H,4-7,11H2,1-3H3,(H,20,23). The van der Waals surface area contributed by atoms with Crippen LogP contribution in [0.4, 0.5) is 5.69 Å². The van der Waals surface area contributed by atoms with Gasteiger partial charge < -0.3 is 5.32 Å². The van der Waals surface area contributed by atoms with Crippen LogP contribution in [0.25, 0.3) is 0 Å². The molecule has 1 heterocycles. The summed E-state index contributed by atoms with van der Waals surface area (Å²) in [6, 6.07) is 5.70. The molecular formula is C19H23N3O2. The first-order chi connectivity index (χ1) is 11.4. The van der Waals surface area contributed by atoms with Gasteiger partial charge in [0.1, 0.15) is 6.54 Å². The molecule has 5 nitrogen and oxygen atoms in total. The molecule has 1 N–H and O–H groups in total. The molecule has 1 aromatic heterocycles. The zero-order valence-corrected chi connectivity index (χ0v) is 14.5. The Labute approximate surface area is 141 Å². The minimum Gasteiger partial charge on any atom is -0.324 e. The maximum atomic E-state index is 12.4. The number of fused-ring (bicyclic) bond motifs is 1. The highest BCUT2D eigenvalue weighted by molar-refractivity contribution is 5.92. The molecule has 3 rings (SSSR count). The Balaban J connectivity index is 1.80. The van der Waals surface area contributed by atoms with Crippen molar-refractivity contribution >= 4 is 11.6 Å². The van der Waals surface area contributed by atoms with Crippen molar-refractivity contribution in [3.05, 3.63) is 56.5 Å². The van der Waals surface area contributed by atoms with E-state index in [1.165, 1.54) is 4.68 Å². The average molecular weight is 325 g/mol. The van der Waals surface area contributed by atoms with Crippen LogP contribution in [0.15, 0.2) is 23.0 Å². The highest BCUT2D eigenvalue weighted by atomic mass is 16.2. The van der Waals surface area contributed by atoms with Crippen LogP contribution in [0.3, 0.4) is 0 Å². The third-order valence-electron chi connectivity index (χ3n) is 4.51. The third-order valence-corrected chi connectivity index (χ3v) is 4.51. The fourth-order valence-electron chi connectivity index (χ4n) is 3.41. The number of amides is 1. The van der Waals surface area contributed by atoms with Crippen molar-refractivity contribution in [1.82, 2.24) is 9.78 Å². The SMILES string of the molecule is Cc1cc(C)c(NC(=O)Cn2nc3c(cc2=O)CCCC3)c(C)c1. The first kappa shape index (κ1) is 16.4. The van der Waals surface area contributed by atoms with Crippen LogP contribution in [-0.2, 0) is 24.2 Å². The molecule has 2 aromatic rings. The van der Waals surface area contributed by atoms with Gasteiger partial charge in [-0.25, -0.2) is 4.68 Å². The van der Waals surface area contributed by atoms with Crippen LogP contribution in [0.1, 0.15) is 40.8 Å². The van der Waals surface area contributed by atoms with Gasteiger partial charge in [0.2, 0.25) is 5.91 Å². The number of nitrogens with zero attached hydrogens (tertiary/aromatic N) is 2. The summed E-state index contributed by atoms with van der Waals surface area (Å²) >= 11 is 0. The lowest BCUT2D eigenvalue weighted by atomic mass is 9.97. The molecule has 0 atom stereocenters. The fraction of sp³-hybridized carbons (Fsp3) is 0.421. The Morgan fingerprint density at radius 2 is 1.79 bits per heavy atom. The summed E-state index contributed by atoms with van der Waals surface area (Å²) in [5.41, 5.74) is 5.80. The van der Waals surface area contributed by atoms with Gasteiger partial charge in [-0.1, -0.05) is 17.7 Å². The van der Waals surface area contributed by atoms with E-state index in [2.05, 4.69) is 10.4 Å². The van der Waals surface area contributed by atoms with Crippen LogP contribution in [-0.4, -0.2) is 15.7 Å². The van der Waals surface area contributed by atoms with Crippen molar-refractivity contribution in [1.29, 1.82) is 0 Å². The van der Waals surface area contributed by atoms with Crippen LogP contribution < -0.4 is 10.9 Å². The molecule has 1 aliphatic carbocycles. The number of carbonyl (C=O) groups is 1. The largest absolute Gasteiger partial charge is 0.324 e. The van der Waals surface area contributed by atoms with E-state index in [9.17, 15) is 9.59 Å². The molecule has 1 amide bonds. The molecule has 0 saturated carbocycles. The molecule has 1 aromatic carbocycles. The summed E-state index contributed by atoms with van der Waals surface area (Å²) in [6.07, 6.45) is 3.98. The Bertz CT molecular complexity index is 829. The van der Waals surface area contributed by atoms with E-state index in [1.807, 2.05) is 32.9 Å². The maximum Gasteiger partial charge on any atom is 0.267 e. The quantitative estimate of drug-likeness (QED) is 0.943. The van der Waals surface area contributed by atoms with Gasteiger partial charge in [0, 0.05) is 11.8 Å². The van der Waals surface area contributed by atoms with E-state index >= 15 is 0 Å². The van der Waals surface area contributed by atoms with E-state index in [0.717, 1.165) is 59.3 Å². The molecule has 5 heteroatoms. The summed E-state index contributed by atoms with van der Waals surface area (Å²) in [4.78, 5) is 24.6. The number of hydrogen-bond acceptors (Lipinski definition) is 3. The number of anilines is 1. The van der Waals surface area contributed by atoms with Crippen LogP contribution >= 0.6 is 0 Å². The monoisotopic (exact) mass is 325 g/mol. The number of rotatable bonds is 3. The van der Waals surface area contributed by atoms with E-state index in [-0.39, 0.29) is 18.0 Å². The third kappa shape index (κ3) is 3.40. The van der Waals surface area contributed by atoms with Crippen molar-refractivity contribution < 1.29 is 4.79 Å². The zero-order chi connectivity index (χ0) is 17.3. The van der Waals surface area contributed by atoms with E-state index in [4.69, 9.17) is 0 Å². The predicted octanol–water partition coefficient (Wildman–Crippen LogP) is 2.69. The molecule has 0 aliphatic heterocycles. The molecule has 0 radical (unpaired) electrons. The second kappa shape index (κ2) is 6.59. The molecule has 0 spiro atoms. The molecule has 126 valence electrons. The smallest absolute Gasteiger partial charge is 0.267 e. The number of benzene rings is 1. The van der Waals surface area contributed by atoms with Gasteiger partial charge in [0.05, 0.1) is 5.69 Å². The summed E-state index contributed by atoms with van der Waals surface area (Å²) in [7, 11) is 0. The molecular weight excluding hydrogens is 302 g/mol. The minimum absolute atomic E-state index is 0.0567. The second-order valence-corrected chi connectivity index (χ2v) is 6.64. The summed E-state index contributed by atoms with van der Waals surface area (Å²) in [5, 5.41) is 7.32. The Kier molecular flexibility index (Phi) is 4.51. The van der Waals surface area contributed by atoms with Gasteiger partial charge in [-0.3, -0.25) is 9.59 Å². The number of carbonyl (C=O) groups excluding carboxylic acids is 1. The molecule has 0 fully saturated rings. The second-order valence-electron chi connectivity index (χ2n) is 6.64. The minimum atomic E-state index is -0.226. The summed E-state index contributed by atoms with van der Waals surface area (Å²) in [6.45, 7) is 5.92. The Morgan fingerprint density at radius 3 is 2.50 bits per heavy atom. The van der Waals surface area contributed by atoms with Crippen molar-refractivity contribution in [2.45, 2.75) is 53.0 Å². The first-order valence-corrected chi connectivity index (χ1v) is 8.41. The van der Waals surface area contributed by atoms with E-state index in [0.29, 0.717) is 0 Å². The Hall–Kier alpha value is -2.43. The van der Waals surface area contributed by atoms with Gasteiger partial charge >= 0.3 is 0 Å². The number of nitrogens with one attached hydrogen (secondary N) is 1. The fourth-order valence-corrected chi connectivity index (χ4v) is 3.41. The van der Waals surface area contributed by atoms with Crippen LogP contribution in [0, 0.1) is 20.8 Å². The van der Waals surface area contributed by atoms with Crippen molar-refractivity contribution in [2.75, 3.05) is 5.32 Å². The topological polar surface area (TPSA) is 64.0 Å². The van der Waals surface area contributed by atoms with Gasteiger partial charge in [-0.2, -0.15) is 5.10 Å². The average Bonchev–Trinajstić information content (AvgIpc) is 2.51. The lowest BCUT2D eigenvalue weighted by Gasteiger charge is -2.16. The highest BCUT2D eigenvalue weighted by Gasteiger charge is 2.15. The van der Waals surface area contributed by atoms with Crippen molar-refractivity contribution in [3.8, 4) is 0 Å². The van der Waals surface area contributed by atoms with E-state index < -0.39 is 0 Å². The molecule has 1 aliphatic rings. The Morgan fingerprint density at radius 1 is 1.12 bits per heavy atom. The van der Waals surface area contributed by atoms with E-state index in [1.54, 1.807) is 6.07 Å². The highest BCUT2D eigenvalue weighted by Crippen LogP contribution is 2.22. The van der Waals surface area contributed by atoms with Crippen molar-refractivity contribution in [3.63, 3.8) is 0 Å². The predicted molar refractivity (Wildman–Crippen MR) is 94.4 cm³/mol. The maximum absolute atomic E-state index is 12.4. The zero-order valence-electron chi connectivity index (χ0n) is 14.5. The lowest BCUT2D eigenvalue weighted by Crippen LogP contribution is -2.31. The summed E-state index contributed by atoms with van der Waals surface area (Å²) < 4.78 is 1.28. The van der Waals surface area contributed by atoms with Gasteiger partial charge in [0.15, 0.2) is 0 Å². The van der Waals surface area contributed by atoms with Crippen LogP contribution in [0.5, 0.6) is 0 Å². The number of hydrogen-bond donors (Lipinski definition) is 1. The van der Waals surface area contributed by atoms with Gasteiger partial charge in [0.25, 0.3) is 5.56 Å². The summed E-state index contributed by atoms with van der Waals surface area (Å²) in [5.74, 6) is -0.226. The van der Waals surface area contributed by atoms with Gasteiger partial charge in [-0.05, 0) is 63.1 Å². The normalized spacial score (nSPS) is 13.5.